The lowest BCUT2D eigenvalue weighted by molar-refractivity contribution is 0.397. The summed E-state index contributed by atoms with van der Waals surface area (Å²) in [5.41, 5.74) is 4.78. The van der Waals surface area contributed by atoms with Crippen molar-refractivity contribution in [3.05, 3.63) is 53.1 Å². The standard InChI is InChI=1S/C18H23NO2/c1-12-7-6-8-17(13(12)2)19-14(3)16-11-15(20-4)9-10-18(16)21-5/h6-11,14,19H,1-5H3. The van der Waals surface area contributed by atoms with Crippen LogP contribution in [0.5, 0.6) is 11.5 Å². The number of nitrogens with one attached hydrogen (secondary N) is 1. The number of anilines is 1. The van der Waals surface area contributed by atoms with Gasteiger partial charge in [0, 0.05) is 11.3 Å². The summed E-state index contributed by atoms with van der Waals surface area (Å²) in [4.78, 5) is 0. The Hall–Kier alpha value is -2.16. The molecule has 1 atom stereocenters. The molecule has 0 aromatic heterocycles. The molecule has 2 aromatic rings. The van der Waals surface area contributed by atoms with Crippen LogP contribution in [0, 0.1) is 13.8 Å². The van der Waals surface area contributed by atoms with Gasteiger partial charge >= 0.3 is 0 Å². The van der Waals surface area contributed by atoms with Gasteiger partial charge in [-0.25, -0.2) is 0 Å². The highest BCUT2D eigenvalue weighted by atomic mass is 16.5. The summed E-state index contributed by atoms with van der Waals surface area (Å²) in [7, 11) is 3.37. The molecule has 0 bridgehead atoms. The molecule has 0 saturated carbocycles. The smallest absolute Gasteiger partial charge is 0.124 e. The molecule has 112 valence electrons. The molecule has 0 heterocycles. The van der Waals surface area contributed by atoms with Crippen LogP contribution in [0.3, 0.4) is 0 Å². The Morgan fingerprint density at radius 1 is 1.00 bits per heavy atom. The molecule has 3 nitrogen and oxygen atoms in total. The molecule has 0 amide bonds. The van der Waals surface area contributed by atoms with Crippen LogP contribution in [-0.4, -0.2) is 14.2 Å². The summed E-state index contributed by atoms with van der Waals surface area (Å²) in [6, 6.07) is 12.3. The number of hydrogen-bond acceptors (Lipinski definition) is 3. The molecule has 1 N–H and O–H groups in total. The van der Waals surface area contributed by atoms with Crippen molar-refractivity contribution in [2.45, 2.75) is 26.8 Å². The molecule has 0 aliphatic heterocycles. The maximum absolute atomic E-state index is 5.46. The Morgan fingerprint density at radius 2 is 1.76 bits per heavy atom. The largest absolute Gasteiger partial charge is 0.497 e. The van der Waals surface area contributed by atoms with Crippen molar-refractivity contribution in [3.8, 4) is 11.5 Å². The molecule has 0 saturated heterocycles. The Morgan fingerprint density at radius 3 is 2.43 bits per heavy atom. The fourth-order valence-electron chi connectivity index (χ4n) is 2.40. The van der Waals surface area contributed by atoms with Crippen LogP contribution in [-0.2, 0) is 0 Å². The molecule has 0 aliphatic carbocycles. The van der Waals surface area contributed by atoms with Gasteiger partial charge in [0.25, 0.3) is 0 Å². The zero-order valence-corrected chi connectivity index (χ0v) is 13.4. The quantitative estimate of drug-likeness (QED) is 0.877. The average Bonchev–Trinajstić information content (AvgIpc) is 2.51. The molecular weight excluding hydrogens is 262 g/mol. The van der Waals surface area contributed by atoms with Gasteiger partial charge < -0.3 is 14.8 Å². The highest BCUT2D eigenvalue weighted by Crippen LogP contribution is 2.32. The summed E-state index contributed by atoms with van der Waals surface area (Å²) in [5, 5.41) is 3.56. The fraction of sp³-hybridized carbons (Fsp3) is 0.333. The number of ether oxygens (including phenoxy) is 2. The van der Waals surface area contributed by atoms with E-state index in [0.29, 0.717) is 0 Å². The second-order valence-electron chi connectivity index (χ2n) is 5.22. The second-order valence-corrected chi connectivity index (χ2v) is 5.22. The number of methoxy groups -OCH3 is 2. The lowest BCUT2D eigenvalue weighted by Gasteiger charge is -2.21. The Bertz CT molecular complexity index is 623. The van der Waals surface area contributed by atoms with E-state index in [1.54, 1.807) is 14.2 Å². The van der Waals surface area contributed by atoms with Gasteiger partial charge in [0.15, 0.2) is 0 Å². The molecular formula is C18H23NO2. The fourth-order valence-corrected chi connectivity index (χ4v) is 2.40. The Kier molecular flexibility index (Phi) is 4.73. The molecule has 0 fully saturated rings. The summed E-state index contributed by atoms with van der Waals surface area (Å²) >= 11 is 0. The molecule has 1 unspecified atom stereocenters. The van der Waals surface area contributed by atoms with Crippen LogP contribution in [0.1, 0.15) is 29.7 Å². The SMILES string of the molecule is COc1ccc(OC)c(C(C)Nc2cccc(C)c2C)c1. The van der Waals surface area contributed by atoms with Gasteiger partial charge in [-0.1, -0.05) is 12.1 Å². The zero-order chi connectivity index (χ0) is 15.4. The third-order valence-corrected chi connectivity index (χ3v) is 3.88. The maximum atomic E-state index is 5.46. The minimum absolute atomic E-state index is 0.121. The lowest BCUT2D eigenvalue weighted by atomic mass is 10.0. The average molecular weight is 285 g/mol. The van der Waals surface area contributed by atoms with Crippen LogP contribution in [0.2, 0.25) is 0 Å². The van der Waals surface area contributed by atoms with E-state index in [1.807, 2.05) is 18.2 Å². The molecule has 2 aromatic carbocycles. The van der Waals surface area contributed by atoms with Crippen molar-refractivity contribution in [1.82, 2.24) is 0 Å². The summed E-state index contributed by atoms with van der Waals surface area (Å²) in [6.07, 6.45) is 0. The summed E-state index contributed by atoms with van der Waals surface area (Å²) in [6.45, 7) is 6.38. The van der Waals surface area contributed by atoms with Crippen molar-refractivity contribution in [2.24, 2.45) is 0 Å². The summed E-state index contributed by atoms with van der Waals surface area (Å²) in [5.74, 6) is 1.70. The van der Waals surface area contributed by atoms with Crippen LogP contribution in [0.25, 0.3) is 0 Å². The zero-order valence-electron chi connectivity index (χ0n) is 13.4. The molecule has 3 heteroatoms. The van der Waals surface area contributed by atoms with E-state index in [9.17, 15) is 0 Å². The van der Waals surface area contributed by atoms with Crippen molar-refractivity contribution in [1.29, 1.82) is 0 Å². The first kappa shape index (κ1) is 15.2. The van der Waals surface area contributed by atoms with Crippen LogP contribution >= 0.6 is 0 Å². The predicted molar refractivity (Wildman–Crippen MR) is 87.5 cm³/mol. The van der Waals surface area contributed by atoms with E-state index in [4.69, 9.17) is 9.47 Å². The van der Waals surface area contributed by atoms with Crippen molar-refractivity contribution in [2.75, 3.05) is 19.5 Å². The molecule has 0 radical (unpaired) electrons. The van der Waals surface area contributed by atoms with Gasteiger partial charge in [-0.2, -0.15) is 0 Å². The number of rotatable bonds is 5. The molecule has 21 heavy (non-hydrogen) atoms. The minimum Gasteiger partial charge on any atom is -0.497 e. The third kappa shape index (κ3) is 3.30. The van der Waals surface area contributed by atoms with Crippen molar-refractivity contribution >= 4 is 5.69 Å². The van der Waals surface area contributed by atoms with Gasteiger partial charge in [0.1, 0.15) is 11.5 Å². The van der Waals surface area contributed by atoms with E-state index in [0.717, 1.165) is 22.7 Å². The maximum Gasteiger partial charge on any atom is 0.124 e. The first-order valence-electron chi connectivity index (χ1n) is 7.11. The number of hydrogen-bond donors (Lipinski definition) is 1. The van der Waals surface area contributed by atoms with E-state index >= 15 is 0 Å². The first-order chi connectivity index (χ1) is 10.1. The number of benzene rings is 2. The highest BCUT2D eigenvalue weighted by molar-refractivity contribution is 5.56. The van der Waals surface area contributed by atoms with Crippen molar-refractivity contribution in [3.63, 3.8) is 0 Å². The van der Waals surface area contributed by atoms with Crippen LogP contribution < -0.4 is 14.8 Å². The van der Waals surface area contributed by atoms with Crippen molar-refractivity contribution < 1.29 is 9.47 Å². The molecule has 2 rings (SSSR count). The van der Waals surface area contributed by atoms with Gasteiger partial charge in [-0.3, -0.25) is 0 Å². The van der Waals surface area contributed by atoms with Gasteiger partial charge in [-0.05, 0) is 56.2 Å². The summed E-state index contributed by atoms with van der Waals surface area (Å²) < 4.78 is 10.8. The Labute approximate surface area is 126 Å². The predicted octanol–water partition coefficient (Wildman–Crippen LogP) is 4.49. The normalized spacial score (nSPS) is 11.9. The Balaban J connectivity index is 2.31. The lowest BCUT2D eigenvalue weighted by Crippen LogP contribution is -2.09. The topological polar surface area (TPSA) is 30.5 Å². The van der Waals surface area contributed by atoms with Crippen LogP contribution in [0.4, 0.5) is 5.69 Å². The molecule has 0 spiro atoms. The monoisotopic (exact) mass is 285 g/mol. The minimum atomic E-state index is 0.121. The van der Waals surface area contributed by atoms with E-state index in [-0.39, 0.29) is 6.04 Å². The molecule has 0 aliphatic rings. The van der Waals surface area contributed by atoms with E-state index < -0.39 is 0 Å². The van der Waals surface area contributed by atoms with Crippen LogP contribution in [0.15, 0.2) is 36.4 Å². The third-order valence-electron chi connectivity index (χ3n) is 3.88. The first-order valence-corrected chi connectivity index (χ1v) is 7.11. The highest BCUT2D eigenvalue weighted by Gasteiger charge is 2.14. The van der Waals surface area contributed by atoms with Gasteiger partial charge in [0.2, 0.25) is 0 Å². The number of aryl methyl sites for hydroxylation is 1. The van der Waals surface area contributed by atoms with Gasteiger partial charge in [0.05, 0.1) is 20.3 Å². The second kappa shape index (κ2) is 6.53. The van der Waals surface area contributed by atoms with E-state index in [2.05, 4.69) is 44.3 Å². The van der Waals surface area contributed by atoms with Gasteiger partial charge in [-0.15, -0.1) is 0 Å². The van der Waals surface area contributed by atoms with E-state index in [1.165, 1.54) is 11.1 Å².